The molecule has 308 valence electrons. The fourth-order valence-corrected chi connectivity index (χ4v) is 6.28. The van der Waals surface area contributed by atoms with E-state index in [1.165, 1.54) is 5.56 Å². The van der Waals surface area contributed by atoms with Gasteiger partial charge in [0.25, 0.3) is 0 Å². The maximum atomic E-state index is 10.6. The largest absolute Gasteiger partial charge is 0.490 e. The van der Waals surface area contributed by atoms with Crippen LogP contribution in [0.5, 0.6) is 5.88 Å². The smallest absolute Gasteiger partial charge is 0.481 e. The van der Waals surface area contributed by atoms with Gasteiger partial charge in [-0.3, -0.25) is 9.58 Å². The Kier molecular flexibility index (Phi) is 13.5. The first-order valence-corrected chi connectivity index (χ1v) is 17.6. The lowest BCUT2D eigenvalue weighted by molar-refractivity contribution is -0.193. The molecule has 2 aliphatic heterocycles. The van der Waals surface area contributed by atoms with Crippen molar-refractivity contribution in [3.05, 3.63) is 78.6 Å². The summed E-state index contributed by atoms with van der Waals surface area (Å²) in [5.74, 6) is -3.92. The highest BCUT2D eigenvalue weighted by atomic mass is 19.4. The van der Waals surface area contributed by atoms with Gasteiger partial charge in [-0.2, -0.15) is 41.8 Å². The molecule has 2 fully saturated rings. The minimum absolute atomic E-state index is 0.413. The van der Waals surface area contributed by atoms with Gasteiger partial charge in [-0.25, -0.2) is 24.1 Å². The van der Waals surface area contributed by atoms with Gasteiger partial charge in [-0.1, -0.05) is 6.07 Å². The summed E-state index contributed by atoms with van der Waals surface area (Å²) < 4.78 is 72.6. The molecule has 58 heavy (non-hydrogen) atoms. The molecule has 0 spiro atoms. The summed E-state index contributed by atoms with van der Waals surface area (Å²) in [6, 6.07) is 13.0. The number of ether oxygens (including phenoxy) is 1. The predicted octanol–water partition coefficient (Wildman–Crippen LogP) is 5.39. The fraction of sp³-hybridized carbons (Fsp3) is 0.378. The van der Waals surface area contributed by atoms with Crippen molar-refractivity contribution in [1.29, 1.82) is 5.26 Å². The van der Waals surface area contributed by atoms with Crippen LogP contribution in [0.15, 0.2) is 67.5 Å². The maximum absolute atomic E-state index is 10.6. The number of aliphatic carboxylic acids is 2. The van der Waals surface area contributed by atoms with Gasteiger partial charge in [-0.05, 0) is 56.7 Å². The minimum Gasteiger partial charge on any atom is -0.481 e. The number of halogens is 6. The number of rotatable bonds is 7. The van der Waals surface area contributed by atoms with E-state index in [4.69, 9.17) is 34.6 Å². The molecular weight excluding hydrogens is 778 g/mol. The molecule has 2 N–H and O–H groups in total. The first-order chi connectivity index (χ1) is 27.5. The van der Waals surface area contributed by atoms with Crippen molar-refractivity contribution in [3.63, 3.8) is 0 Å². The number of aromatic nitrogens is 6. The molecule has 21 heteroatoms. The molecule has 5 aromatic heterocycles. The third-order valence-corrected chi connectivity index (χ3v) is 9.38. The van der Waals surface area contributed by atoms with Crippen LogP contribution in [0.25, 0.3) is 27.8 Å². The molecule has 0 amide bonds. The van der Waals surface area contributed by atoms with E-state index in [2.05, 4.69) is 73.0 Å². The van der Waals surface area contributed by atoms with Crippen molar-refractivity contribution < 1.29 is 50.9 Å². The van der Waals surface area contributed by atoms with Crippen molar-refractivity contribution in [1.82, 2.24) is 39.2 Å². The van der Waals surface area contributed by atoms with Gasteiger partial charge < -0.3 is 24.7 Å². The Bertz CT molecular complexity index is 2180. The van der Waals surface area contributed by atoms with Gasteiger partial charge in [-0.15, -0.1) is 0 Å². The molecule has 0 bridgehead atoms. The number of anilines is 1. The van der Waals surface area contributed by atoms with Gasteiger partial charge >= 0.3 is 24.3 Å². The minimum atomic E-state index is -5.08. The topological polar surface area (TPSA) is 178 Å². The zero-order chi connectivity index (χ0) is 42.2. The number of alkyl halides is 6. The molecule has 2 aliphatic rings. The standard InChI is InChI=1S/C33H36N10O.2C2HF3O2/c1-39-9-7-29(8-10-39)42-23-28(20-37-42)26-15-30(33-27(16-34)19-38-43(33)22-26)25-4-5-31(35-18-25)41-13-11-40(12-14-41)21-24-3-6-32(44-2)36-17-24;2*3-2(4,5)1(6)7/h3-6,15,17-20,22-23,29H,7-14,21H2,1-2H3;2*(H,6,7). The first-order valence-electron chi connectivity index (χ1n) is 17.6. The van der Waals surface area contributed by atoms with Crippen LogP contribution in [0.1, 0.15) is 30.0 Å². The zero-order valence-electron chi connectivity index (χ0n) is 31.2. The molecule has 7 heterocycles. The Hall–Kier alpha value is -6.27. The molecule has 0 radical (unpaired) electrons. The summed E-state index contributed by atoms with van der Waals surface area (Å²) in [4.78, 5) is 34.1. The van der Waals surface area contributed by atoms with Gasteiger partial charge in [0.05, 0.1) is 36.6 Å². The van der Waals surface area contributed by atoms with E-state index in [1.54, 1.807) is 13.3 Å². The van der Waals surface area contributed by atoms with E-state index in [1.807, 2.05) is 35.4 Å². The van der Waals surface area contributed by atoms with E-state index in [-0.39, 0.29) is 0 Å². The number of methoxy groups -OCH3 is 1. The van der Waals surface area contributed by atoms with Crippen molar-refractivity contribution in [2.75, 3.05) is 58.3 Å². The summed E-state index contributed by atoms with van der Waals surface area (Å²) in [6.45, 7) is 6.74. The predicted molar refractivity (Wildman–Crippen MR) is 196 cm³/mol. The second-order valence-corrected chi connectivity index (χ2v) is 13.3. The summed E-state index contributed by atoms with van der Waals surface area (Å²) in [5.41, 5.74) is 6.43. The van der Waals surface area contributed by atoms with Crippen molar-refractivity contribution in [2.24, 2.45) is 0 Å². The molecule has 0 aromatic carbocycles. The quantitative estimate of drug-likeness (QED) is 0.200. The number of pyridine rings is 3. The third kappa shape index (κ3) is 11.0. The van der Waals surface area contributed by atoms with Crippen LogP contribution in [0.2, 0.25) is 0 Å². The van der Waals surface area contributed by atoms with E-state index in [9.17, 15) is 31.6 Å². The van der Waals surface area contributed by atoms with E-state index < -0.39 is 24.3 Å². The number of hydrogen-bond acceptors (Lipinski definition) is 11. The molecule has 15 nitrogen and oxygen atoms in total. The van der Waals surface area contributed by atoms with Gasteiger partial charge in [0.15, 0.2) is 0 Å². The SMILES string of the molecule is COc1ccc(CN2CCN(c3ccc(-c4cc(-c5cnn(C6CCN(C)CC6)c5)cn5ncc(C#N)c45)cn3)CC2)cn1.O=C(O)C(F)(F)F.O=C(O)C(F)(F)F. The van der Waals surface area contributed by atoms with Gasteiger partial charge in [0.1, 0.15) is 11.9 Å². The monoisotopic (exact) mass is 816 g/mol. The Labute approximate surface area is 327 Å². The van der Waals surface area contributed by atoms with E-state index in [0.717, 1.165) is 92.2 Å². The first kappa shape index (κ1) is 42.9. The normalized spacial score (nSPS) is 15.5. The lowest BCUT2D eigenvalue weighted by Crippen LogP contribution is -2.46. The summed E-state index contributed by atoms with van der Waals surface area (Å²) in [6.07, 6.45) is 3.52. The number of carboxylic acid groups (broad SMARTS) is 2. The van der Waals surface area contributed by atoms with E-state index >= 15 is 0 Å². The van der Waals surface area contributed by atoms with Crippen LogP contribution in [0, 0.1) is 11.3 Å². The second kappa shape index (κ2) is 18.3. The lowest BCUT2D eigenvalue weighted by atomic mass is 10.0. The third-order valence-electron chi connectivity index (χ3n) is 9.38. The Morgan fingerprint density at radius 2 is 1.48 bits per heavy atom. The molecule has 7 rings (SSSR count). The average Bonchev–Trinajstić information content (AvgIpc) is 3.86. The second-order valence-electron chi connectivity index (χ2n) is 13.3. The Morgan fingerprint density at radius 3 is 2.02 bits per heavy atom. The van der Waals surface area contributed by atoms with Crippen LogP contribution in [0.4, 0.5) is 32.2 Å². The Balaban J connectivity index is 0.000000393. The lowest BCUT2D eigenvalue weighted by Gasteiger charge is -2.35. The number of nitriles is 1. The number of piperidine rings is 1. The van der Waals surface area contributed by atoms with E-state index in [0.29, 0.717) is 17.5 Å². The highest BCUT2D eigenvalue weighted by Crippen LogP contribution is 2.33. The molecule has 0 unspecified atom stereocenters. The number of likely N-dealkylation sites (tertiary alicyclic amines) is 1. The molecule has 0 saturated carbocycles. The van der Waals surface area contributed by atoms with Crippen LogP contribution in [-0.4, -0.2) is 127 Å². The number of nitrogens with zero attached hydrogens (tertiary/aromatic N) is 10. The number of carboxylic acids is 2. The number of piperazine rings is 1. The molecule has 2 saturated heterocycles. The number of hydrogen-bond donors (Lipinski definition) is 2. The van der Waals surface area contributed by atoms with Gasteiger partial charge in [0.2, 0.25) is 5.88 Å². The highest BCUT2D eigenvalue weighted by molar-refractivity contribution is 5.87. The van der Waals surface area contributed by atoms with Crippen LogP contribution < -0.4 is 9.64 Å². The molecule has 5 aromatic rings. The summed E-state index contributed by atoms with van der Waals surface area (Å²) >= 11 is 0. The zero-order valence-corrected chi connectivity index (χ0v) is 31.2. The maximum Gasteiger partial charge on any atom is 0.490 e. The molecule has 0 aliphatic carbocycles. The van der Waals surface area contributed by atoms with Crippen LogP contribution in [0.3, 0.4) is 0 Å². The average molecular weight is 817 g/mol. The molecule has 0 atom stereocenters. The molecular formula is C37H38F6N10O5. The van der Waals surface area contributed by atoms with Crippen molar-refractivity contribution in [2.45, 2.75) is 37.8 Å². The van der Waals surface area contributed by atoms with Gasteiger partial charge in [0, 0.05) is 85.8 Å². The summed E-state index contributed by atoms with van der Waals surface area (Å²) in [7, 11) is 3.81. The van der Waals surface area contributed by atoms with Crippen molar-refractivity contribution in [3.8, 4) is 34.2 Å². The van der Waals surface area contributed by atoms with Crippen molar-refractivity contribution >= 4 is 23.3 Å². The highest BCUT2D eigenvalue weighted by Gasteiger charge is 2.39. The fourth-order valence-electron chi connectivity index (χ4n) is 6.28. The van der Waals surface area contributed by atoms with Crippen LogP contribution >= 0.6 is 0 Å². The number of fused-ring (bicyclic) bond motifs is 1. The summed E-state index contributed by atoms with van der Waals surface area (Å²) in [5, 5.41) is 33.3. The number of carbonyl (C=O) groups is 2. The van der Waals surface area contributed by atoms with Crippen LogP contribution in [-0.2, 0) is 16.1 Å². The Morgan fingerprint density at radius 1 is 0.828 bits per heavy atom.